The molecule has 2 saturated heterocycles. The van der Waals surface area contributed by atoms with Crippen LogP contribution < -0.4 is 0 Å². The van der Waals surface area contributed by atoms with Crippen LogP contribution >= 0.6 is 0 Å². The van der Waals surface area contributed by atoms with Gasteiger partial charge < -0.3 is 14.7 Å². The average Bonchev–Trinajstić information content (AvgIpc) is 2.53. The molecule has 0 aliphatic carbocycles. The summed E-state index contributed by atoms with van der Waals surface area (Å²) in [6.07, 6.45) is 3.57. The second-order valence-electron chi connectivity index (χ2n) is 6.66. The van der Waals surface area contributed by atoms with Gasteiger partial charge in [-0.3, -0.25) is 9.78 Å². The minimum absolute atomic E-state index is 0.00234. The van der Waals surface area contributed by atoms with Gasteiger partial charge >= 0.3 is 6.03 Å². The van der Waals surface area contributed by atoms with Crippen LogP contribution in [0, 0.1) is 5.92 Å². The summed E-state index contributed by atoms with van der Waals surface area (Å²) in [5.74, 6) is 0.481. The molecule has 6 nitrogen and oxygen atoms in total. The molecular formula is C17H24N4O2. The summed E-state index contributed by atoms with van der Waals surface area (Å²) in [7, 11) is 3.50. The zero-order chi connectivity index (χ0) is 16.4. The Kier molecular flexibility index (Phi) is 4.50. The molecule has 0 bridgehead atoms. The Morgan fingerprint density at radius 1 is 1.17 bits per heavy atom. The first-order chi connectivity index (χ1) is 11.1. The highest BCUT2D eigenvalue weighted by Crippen LogP contribution is 2.29. The second kappa shape index (κ2) is 6.56. The molecule has 1 atom stereocenters. The van der Waals surface area contributed by atoms with E-state index in [0.29, 0.717) is 12.5 Å². The number of amides is 3. The smallest absolute Gasteiger partial charge is 0.319 e. The van der Waals surface area contributed by atoms with Crippen molar-refractivity contribution in [3.05, 3.63) is 30.1 Å². The molecule has 0 N–H and O–H groups in total. The summed E-state index contributed by atoms with van der Waals surface area (Å²) in [5.41, 5.74) is 1.06. The summed E-state index contributed by atoms with van der Waals surface area (Å²) >= 11 is 0. The number of likely N-dealkylation sites (tertiary alicyclic amines) is 2. The highest BCUT2D eigenvalue weighted by atomic mass is 16.2. The highest BCUT2D eigenvalue weighted by molar-refractivity contribution is 5.81. The first-order valence-electron chi connectivity index (χ1n) is 8.22. The Morgan fingerprint density at radius 3 is 2.61 bits per heavy atom. The second-order valence-corrected chi connectivity index (χ2v) is 6.66. The number of piperidine rings is 1. The van der Waals surface area contributed by atoms with E-state index in [9.17, 15) is 9.59 Å². The molecule has 0 spiro atoms. The van der Waals surface area contributed by atoms with E-state index in [1.54, 1.807) is 30.1 Å². The fourth-order valence-corrected chi connectivity index (χ4v) is 3.36. The van der Waals surface area contributed by atoms with Crippen molar-refractivity contribution in [3.8, 4) is 0 Å². The third kappa shape index (κ3) is 3.30. The number of rotatable bonds is 2. The van der Waals surface area contributed by atoms with Gasteiger partial charge in [-0.1, -0.05) is 6.07 Å². The number of hydrogen-bond acceptors (Lipinski definition) is 3. The van der Waals surface area contributed by atoms with Crippen LogP contribution in [0.3, 0.4) is 0 Å². The predicted octanol–water partition coefficient (Wildman–Crippen LogP) is 1.40. The van der Waals surface area contributed by atoms with Crippen LogP contribution in [0.2, 0.25) is 0 Å². The predicted molar refractivity (Wildman–Crippen MR) is 86.9 cm³/mol. The molecule has 3 amide bonds. The normalized spacial score (nSPS) is 21.7. The first kappa shape index (κ1) is 15.8. The summed E-state index contributed by atoms with van der Waals surface area (Å²) in [6.45, 7) is 2.78. The molecule has 124 valence electrons. The first-order valence-corrected chi connectivity index (χ1v) is 8.22. The molecule has 0 radical (unpaired) electrons. The number of aromatic nitrogens is 1. The molecule has 3 heterocycles. The standard InChI is InChI=1S/C17H24N4O2/c1-19(2)17(23)20-9-5-6-13(10-20)16(22)21-11-14(12-21)15-7-3-4-8-18-15/h3-4,7-8,13-14H,5-6,9-12H2,1-2H3/t13-/m0/s1. The van der Waals surface area contributed by atoms with Gasteiger partial charge in [-0.05, 0) is 25.0 Å². The van der Waals surface area contributed by atoms with Gasteiger partial charge in [0, 0.05) is 58.1 Å². The maximum atomic E-state index is 12.6. The van der Waals surface area contributed by atoms with Crippen LogP contribution in [-0.4, -0.2) is 71.9 Å². The molecular weight excluding hydrogens is 292 g/mol. The molecule has 2 fully saturated rings. The highest BCUT2D eigenvalue weighted by Gasteiger charge is 2.38. The van der Waals surface area contributed by atoms with Crippen molar-refractivity contribution in [2.75, 3.05) is 40.3 Å². The lowest BCUT2D eigenvalue weighted by Crippen LogP contribution is -2.54. The van der Waals surface area contributed by atoms with Crippen molar-refractivity contribution in [2.24, 2.45) is 5.92 Å². The van der Waals surface area contributed by atoms with Crippen molar-refractivity contribution in [2.45, 2.75) is 18.8 Å². The van der Waals surface area contributed by atoms with Crippen LogP contribution in [0.25, 0.3) is 0 Å². The average molecular weight is 316 g/mol. The molecule has 6 heteroatoms. The molecule has 2 aliphatic heterocycles. The molecule has 1 aromatic heterocycles. The van der Waals surface area contributed by atoms with E-state index < -0.39 is 0 Å². The van der Waals surface area contributed by atoms with Crippen LogP contribution in [0.15, 0.2) is 24.4 Å². The number of pyridine rings is 1. The van der Waals surface area contributed by atoms with Crippen molar-refractivity contribution in [3.63, 3.8) is 0 Å². The van der Waals surface area contributed by atoms with Crippen molar-refractivity contribution in [1.29, 1.82) is 0 Å². The molecule has 0 saturated carbocycles. The van der Waals surface area contributed by atoms with Gasteiger partial charge in [0.1, 0.15) is 0 Å². The van der Waals surface area contributed by atoms with Gasteiger partial charge in [0.25, 0.3) is 0 Å². The monoisotopic (exact) mass is 316 g/mol. The number of carbonyl (C=O) groups excluding carboxylic acids is 2. The topological polar surface area (TPSA) is 56.8 Å². The molecule has 0 aromatic carbocycles. The quantitative estimate of drug-likeness (QED) is 0.829. The Labute approximate surface area is 137 Å². The van der Waals surface area contributed by atoms with E-state index in [4.69, 9.17) is 0 Å². The number of carbonyl (C=O) groups is 2. The largest absolute Gasteiger partial charge is 0.341 e. The van der Waals surface area contributed by atoms with Crippen LogP contribution in [0.4, 0.5) is 4.79 Å². The van der Waals surface area contributed by atoms with E-state index in [2.05, 4.69) is 4.98 Å². The van der Waals surface area contributed by atoms with Gasteiger partial charge in [-0.2, -0.15) is 0 Å². The molecule has 1 aromatic rings. The maximum Gasteiger partial charge on any atom is 0.319 e. The van der Waals surface area contributed by atoms with Gasteiger partial charge in [0.15, 0.2) is 0 Å². The fraction of sp³-hybridized carbons (Fsp3) is 0.588. The van der Waals surface area contributed by atoms with Crippen molar-refractivity contribution in [1.82, 2.24) is 19.7 Å². The van der Waals surface area contributed by atoms with Crippen LogP contribution in [0.1, 0.15) is 24.5 Å². The fourth-order valence-electron chi connectivity index (χ4n) is 3.36. The Hall–Kier alpha value is -2.11. The van der Waals surface area contributed by atoms with Gasteiger partial charge in [0.05, 0.1) is 5.92 Å². The lowest BCUT2D eigenvalue weighted by atomic mass is 9.91. The Balaban J connectivity index is 1.54. The summed E-state index contributed by atoms with van der Waals surface area (Å²) in [4.78, 5) is 34.4. The summed E-state index contributed by atoms with van der Waals surface area (Å²) in [6, 6.07) is 5.91. The third-order valence-electron chi connectivity index (χ3n) is 4.72. The summed E-state index contributed by atoms with van der Waals surface area (Å²) < 4.78 is 0. The van der Waals surface area contributed by atoms with E-state index in [-0.39, 0.29) is 17.9 Å². The zero-order valence-corrected chi connectivity index (χ0v) is 13.8. The van der Waals surface area contributed by atoms with E-state index in [1.165, 1.54) is 0 Å². The van der Waals surface area contributed by atoms with Gasteiger partial charge in [0.2, 0.25) is 5.91 Å². The molecule has 2 aliphatic rings. The lowest BCUT2D eigenvalue weighted by molar-refractivity contribution is -0.141. The van der Waals surface area contributed by atoms with Crippen molar-refractivity contribution < 1.29 is 9.59 Å². The molecule has 0 unspecified atom stereocenters. The number of urea groups is 1. The molecule has 3 rings (SSSR count). The van der Waals surface area contributed by atoms with E-state index >= 15 is 0 Å². The lowest BCUT2D eigenvalue weighted by Gasteiger charge is -2.42. The van der Waals surface area contributed by atoms with Crippen LogP contribution in [-0.2, 0) is 4.79 Å². The summed E-state index contributed by atoms with van der Waals surface area (Å²) in [5, 5.41) is 0. The third-order valence-corrected chi connectivity index (χ3v) is 4.72. The van der Waals surface area contributed by atoms with Gasteiger partial charge in [-0.25, -0.2) is 4.79 Å². The van der Waals surface area contributed by atoms with Crippen molar-refractivity contribution >= 4 is 11.9 Å². The zero-order valence-electron chi connectivity index (χ0n) is 13.8. The minimum Gasteiger partial charge on any atom is -0.341 e. The number of nitrogens with zero attached hydrogens (tertiary/aromatic N) is 4. The van der Waals surface area contributed by atoms with E-state index in [1.807, 2.05) is 23.1 Å². The van der Waals surface area contributed by atoms with Gasteiger partial charge in [-0.15, -0.1) is 0 Å². The SMILES string of the molecule is CN(C)C(=O)N1CCC[C@H](C(=O)N2CC(c3ccccn3)C2)C1. The van der Waals surface area contributed by atoms with E-state index in [0.717, 1.165) is 38.2 Å². The maximum absolute atomic E-state index is 12.6. The Morgan fingerprint density at radius 2 is 1.96 bits per heavy atom. The Bertz CT molecular complexity index is 569. The number of hydrogen-bond donors (Lipinski definition) is 0. The van der Waals surface area contributed by atoms with Crippen LogP contribution in [0.5, 0.6) is 0 Å². The minimum atomic E-state index is -0.0580. The molecule has 23 heavy (non-hydrogen) atoms.